The topological polar surface area (TPSA) is 60.8 Å². The van der Waals surface area contributed by atoms with Gasteiger partial charge in [0.25, 0.3) is 0 Å². The second-order valence-corrected chi connectivity index (χ2v) is 4.65. The summed E-state index contributed by atoms with van der Waals surface area (Å²) >= 11 is 0. The molecule has 100 valence electrons. The Kier molecular flexibility index (Phi) is 4.29. The van der Waals surface area contributed by atoms with Gasteiger partial charge in [-0.25, -0.2) is 4.39 Å². The number of aromatic hydroxyl groups is 1. The predicted octanol–water partition coefficient (Wildman–Crippen LogP) is 2.22. The maximum atomic E-state index is 13.1. The highest BCUT2D eigenvalue weighted by atomic mass is 19.1. The first-order valence-electron chi connectivity index (χ1n) is 5.75. The third-order valence-electron chi connectivity index (χ3n) is 3.10. The summed E-state index contributed by atoms with van der Waals surface area (Å²) in [4.78, 5) is 12.8. The van der Waals surface area contributed by atoms with Crippen molar-refractivity contribution < 1.29 is 19.4 Å². The van der Waals surface area contributed by atoms with Crippen molar-refractivity contribution in [3.05, 3.63) is 29.6 Å². The lowest BCUT2D eigenvalue weighted by atomic mass is 10.0. The highest BCUT2D eigenvalue weighted by Gasteiger charge is 2.33. The van der Waals surface area contributed by atoms with E-state index in [1.54, 1.807) is 18.7 Å². The van der Waals surface area contributed by atoms with Gasteiger partial charge in [-0.05, 0) is 38.6 Å². The zero-order valence-electron chi connectivity index (χ0n) is 10.8. The molecule has 1 rings (SSSR count). The maximum absolute atomic E-state index is 13.1. The van der Waals surface area contributed by atoms with Gasteiger partial charge in [-0.1, -0.05) is 6.92 Å². The van der Waals surface area contributed by atoms with Crippen LogP contribution in [0.2, 0.25) is 0 Å². The molecule has 0 aromatic heterocycles. The first-order valence-corrected chi connectivity index (χ1v) is 5.75. The van der Waals surface area contributed by atoms with Gasteiger partial charge in [-0.2, -0.15) is 0 Å². The molecule has 0 amide bonds. The molecule has 0 bridgehead atoms. The van der Waals surface area contributed by atoms with E-state index < -0.39 is 17.3 Å². The molecule has 0 aliphatic heterocycles. The van der Waals surface area contributed by atoms with Crippen LogP contribution >= 0.6 is 0 Å². The van der Waals surface area contributed by atoms with Gasteiger partial charge in [0.1, 0.15) is 17.1 Å². The fraction of sp³-hybridized carbons (Fsp3) is 0.462. The molecule has 0 aliphatic rings. The Morgan fingerprint density at radius 3 is 2.56 bits per heavy atom. The minimum atomic E-state index is -1.08. The highest BCUT2D eigenvalue weighted by molar-refractivity contribution is 5.77. The van der Waals surface area contributed by atoms with Gasteiger partial charge in [0, 0.05) is 12.1 Å². The number of phenols is 1. The monoisotopic (exact) mass is 255 g/mol. The fourth-order valence-corrected chi connectivity index (χ4v) is 1.73. The van der Waals surface area contributed by atoms with Crippen molar-refractivity contribution in [1.82, 2.24) is 4.90 Å². The number of carbonyl (C=O) groups is 1. The number of hydrogen-bond donors (Lipinski definition) is 2. The number of carboxylic acid groups (broad SMARTS) is 1. The third-order valence-corrected chi connectivity index (χ3v) is 3.10. The van der Waals surface area contributed by atoms with Crippen molar-refractivity contribution >= 4 is 5.97 Å². The summed E-state index contributed by atoms with van der Waals surface area (Å²) in [7, 11) is 0. The number of nitrogens with zero attached hydrogens (tertiary/aromatic N) is 1. The van der Waals surface area contributed by atoms with Gasteiger partial charge in [0.15, 0.2) is 0 Å². The molecule has 18 heavy (non-hydrogen) atoms. The largest absolute Gasteiger partial charge is 0.508 e. The molecule has 2 N–H and O–H groups in total. The van der Waals surface area contributed by atoms with E-state index >= 15 is 0 Å². The first-order chi connectivity index (χ1) is 8.28. The van der Waals surface area contributed by atoms with Crippen molar-refractivity contribution in [1.29, 1.82) is 0 Å². The van der Waals surface area contributed by atoms with E-state index in [-0.39, 0.29) is 12.3 Å². The Bertz CT molecular complexity index is 446. The number of benzene rings is 1. The lowest BCUT2D eigenvalue weighted by Crippen LogP contribution is -2.49. The number of hydrogen-bond acceptors (Lipinski definition) is 3. The molecule has 0 aliphatic carbocycles. The van der Waals surface area contributed by atoms with Gasteiger partial charge >= 0.3 is 5.97 Å². The van der Waals surface area contributed by atoms with Crippen LogP contribution < -0.4 is 0 Å². The molecule has 0 heterocycles. The fourth-order valence-electron chi connectivity index (χ4n) is 1.73. The van der Waals surface area contributed by atoms with Crippen LogP contribution in [0, 0.1) is 5.82 Å². The van der Waals surface area contributed by atoms with Crippen molar-refractivity contribution in [2.45, 2.75) is 32.9 Å². The van der Waals surface area contributed by atoms with Gasteiger partial charge in [-0.3, -0.25) is 9.69 Å². The van der Waals surface area contributed by atoms with Crippen LogP contribution in [-0.4, -0.2) is 33.2 Å². The maximum Gasteiger partial charge on any atom is 0.323 e. The van der Waals surface area contributed by atoms with E-state index in [9.17, 15) is 14.3 Å². The standard InChI is InChI=1S/C13H18FNO3/c1-4-15(13(2,3)12(17)18)8-9-7-10(14)5-6-11(9)16/h5-7,16H,4,8H2,1-3H3,(H,17,18). The zero-order chi connectivity index (χ0) is 13.9. The quantitative estimate of drug-likeness (QED) is 0.847. The van der Waals surface area contributed by atoms with E-state index in [0.717, 1.165) is 6.07 Å². The number of aliphatic carboxylic acids is 1. The second-order valence-electron chi connectivity index (χ2n) is 4.65. The average molecular weight is 255 g/mol. The third kappa shape index (κ3) is 2.98. The van der Waals surface area contributed by atoms with Gasteiger partial charge in [0.05, 0.1) is 0 Å². The Labute approximate surface area is 106 Å². The second kappa shape index (κ2) is 5.35. The Balaban J connectivity index is 3.00. The molecule has 1 aromatic rings. The Morgan fingerprint density at radius 1 is 1.44 bits per heavy atom. The lowest BCUT2D eigenvalue weighted by molar-refractivity contribution is -0.149. The van der Waals surface area contributed by atoms with E-state index in [1.165, 1.54) is 12.1 Å². The van der Waals surface area contributed by atoms with E-state index in [2.05, 4.69) is 0 Å². The lowest BCUT2D eigenvalue weighted by Gasteiger charge is -2.34. The minimum Gasteiger partial charge on any atom is -0.508 e. The average Bonchev–Trinajstić information content (AvgIpc) is 2.29. The van der Waals surface area contributed by atoms with Crippen LogP contribution in [0.15, 0.2) is 18.2 Å². The summed E-state index contributed by atoms with van der Waals surface area (Å²) < 4.78 is 13.1. The predicted molar refractivity (Wildman–Crippen MR) is 65.9 cm³/mol. The Hall–Kier alpha value is -1.62. The summed E-state index contributed by atoms with van der Waals surface area (Å²) in [5.41, 5.74) is -0.695. The number of likely N-dealkylation sites (N-methyl/N-ethyl adjacent to an activating group) is 1. The van der Waals surface area contributed by atoms with Crippen molar-refractivity contribution in [3.8, 4) is 5.75 Å². The molecule has 0 atom stereocenters. The smallest absolute Gasteiger partial charge is 0.323 e. The molecule has 0 saturated carbocycles. The summed E-state index contributed by atoms with van der Waals surface area (Å²) in [6, 6.07) is 3.65. The molecular weight excluding hydrogens is 237 g/mol. The molecule has 4 nitrogen and oxygen atoms in total. The number of phenolic OH excluding ortho intramolecular Hbond substituents is 1. The number of rotatable bonds is 5. The molecule has 0 radical (unpaired) electrons. The van der Waals surface area contributed by atoms with Crippen molar-refractivity contribution in [2.75, 3.05) is 6.54 Å². The zero-order valence-corrected chi connectivity index (χ0v) is 10.8. The highest BCUT2D eigenvalue weighted by Crippen LogP contribution is 2.24. The van der Waals surface area contributed by atoms with E-state index in [4.69, 9.17) is 5.11 Å². The molecule has 0 spiro atoms. The van der Waals surface area contributed by atoms with Gasteiger partial charge in [-0.15, -0.1) is 0 Å². The van der Waals surface area contributed by atoms with Gasteiger partial charge < -0.3 is 10.2 Å². The number of carboxylic acids is 1. The molecule has 0 fully saturated rings. The molecular formula is C13H18FNO3. The summed E-state index contributed by atoms with van der Waals surface area (Å²) in [6.07, 6.45) is 0. The summed E-state index contributed by atoms with van der Waals surface area (Å²) in [5, 5.41) is 18.8. The van der Waals surface area contributed by atoms with Crippen LogP contribution in [0.3, 0.4) is 0 Å². The normalized spacial score (nSPS) is 11.8. The minimum absolute atomic E-state index is 0.0314. The molecule has 0 unspecified atom stereocenters. The van der Waals surface area contributed by atoms with Crippen LogP contribution in [0.1, 0.15) is 26.3 Å². The summed E-state index contributed by atoms with van der Waals surface area (Å²) in [5.74, 6) is -1.44. The molecule has 1 aromatic carbocycles. The van der Waals surface area contributed by atoms with Crippen LogP contribution in [-0.2, 0) is 11.3 Å². The summed E-state index contributed by atoms with van der Waals surface area (Å²) in [6.45, 7) is 5.64. The first kappa shape index (κ1) is 14.4. The van der Waals surface area contributed by atoms with Crippen molar-refractivity contribution in [3.63, 3.8) is 0 Å². The van der Waals surface area contributed by atoms with Crippen molar-refractivity contribution in [2.24, 2.45) is 0 Å². The van der Waals surface area contributed by atoms with Crippen LogP contribution in [0.5, 0.6) is 5.75 Å². The van der Waals surface area contributed by atoms with Crippen LogP contribution in [0.4, 0.5) is 4.39 Å². The van der Waals surface area contributed by atoms with E-state index in [1.807, 2.05) is 6.92 Å². The van der Waals surface area contributed by atoms with Gasteiger partial charge in [0.2, 0.25) is 0 Å². The van der Waals surface area contributed by atoms with E-state index in [0.29, 0.717) is 12.1 Å². The molecule has 0 saturated heterocycles. The molecule has 5 heteroatoms. The number of halogens is 1. The Morgan fingerprint density at radius 2 is 2.06 bits per heavy atom. The SMILES string of the molecule is CCN(Cc1cc(F)ccc1O)C(C)(C)C(=O)O. The van der Waals surface area contributed by atoms with Crippen LogP contribution in [0.25, 0.3) is 0 Å².